The lowest BCUT2D eigenvalue weighted by atomic mass is 10.0. The van der Waals surface area contributed by atoms with Crippen LogP contribution in [0.3, 0.4) is 0 Å². The molecule has 2 rings (SSSR count). The molecule has 0 saturated carbocycles. The van der Waals surface area contributed by atoms with Gasteiger partial charge in [0.05, 0.1) is 0 Å². The van der Waals surface area contributed by atoms with Crippen LogP contribution in [0.4, 0.5) is 0 Å². The van der Waals surface area contributed by atoms with E-state index in [0.29, 0.717) is 31.4 Å². The fraction of sp³-hybridized carbons (Fsp3) is 0.750. The SMILES string of the molecule is CCCCN1CCCCC1CNC(=O)c1cc(S(=O)(=O)N(CC)CC)cn1C. The van der Waals surface area contributed by atoms with Crippen molar-refractivity contribution in [1.29, 1.82) is 0 Å². The second-order valence-corrected chi connectivity index (χ2v) is 9.45. The molecule has 1 aliphatic rings. The van der Waals surface area contributed by atoms with Crippen LogP contribution in [0.5, 0.6) is 0 Å². The second-order valence-electron chi connectivity index (χ2n) is 7.51. The molecular formula is C20H36N4O3S. The quantitative estimate of drug-likeness (QED) is 0.640. The number of amides is 1. The standard InChI is InChI=1S/C20H36N4O3S/c1-5-8-12-23-13-10-9-11-17(23)15-21-20(25)19-14-18(16-22(19)4)28(26,27)24(6-2)7-3/h14,16-17H,5-13,15H2,1-4H3,(H,21,25). The Bertz CT molecular complexity index is 741. The summed E-state index contributed by atoms with van der Waals surface area (Å²) in [5.74, 6) is -0.218. The van der Waals surface area contributed by atoms with Gasteiger partial charge in [0.15, 0.2) is 0 Å². The van der Waals surface area contributed by atoms with Crippen LogP contribution in [0, 0.1) is 0 Å². The molecule has 1 aromatic rings. The summed E-state index contributed by atoms with van der Waals surface area (Å²) >= 11 is 0. The van der Waals surface area contributed by atoms with E-state index in [4.69, 9.17) is 0 Å². The topological polar surface area (TPSA) is 74.7 Å². The minimum Gasteiger partial charge on any atom is -0.349 e. The van der Waals surface area contributed by atoms with E-state index in [9.17, 15) is 13.2 Å². The Labute approximate surface area is 170 Å². The molecule has 1 atom stereocenters. The zero-order chi connectivity index (χ0) is 20.7. The molecule has 8 heteroatoms. The third kappa shape index (κ3) is 5.36. The Morgan fingerprint density at radius 1 is 1.25 bits per heavy atom. The minimum absolute atomic E-state index is 0.172. The summed E-state index contributed by atoms with van der Waals surface area (Å²) in [6.07, 6.45) is 7.38. The van der Waals surface area contributed by atoms with E-state index in [1.807, 2.05) is 13.8 Å². The predicted octanol–water partition coefficient (Wildman–Crippen LogP) is 2.44. The van der Waals surface area contributed by atoms with E-state index in [1.165, 1.54) is 42.3 Å². The van der Waals surface area contributed by atoms with Gasteiger partial charge in [-0.15, -0.1) is 0 Å². The van der Waals surface area contributed by atoms with Crippen molar-refractivity contribution in [3.05, 3.63) is 18.0 Å². The van der Waals surface area contributed by atoms with Crippen LogP contribution < -0.4 is 5.32 Å². The van der Waals surface area contributed by atoms with Gasteiger partial charge in [-0.25, -0.2) is 8.42 Å². The van der Waals surface area contributed by atoms with Crippen LogP contribution in [0.2, 0.25) is 0 Å². The lowest BCUT2D eigenvalue weighted by Gasteiger charge is -2.35. The molecule has 0 spiro atoms. The van der Waals surface area contributed by atoms with E-state index in [2.05, 4.69) is 17.1 Å². The molecule has 0 bridgehead atoms. The number of unbranched alkanes of at least 4 members (excludes halogenated alkanes) is 1. The van der Waals surface area contributed by atoms with Gasteiger partial charge in [-0.2, -0.15) is 4.31 Å². The first kappa shape index (κ1) is 22.9. The Balaban J connectivity index is 2.05. The highest BCUT2D eigenvalue weighted by Crippen LogP contribution is 2.19. The molecule has 1 N–H and O–H groups in total. The van der Waals surface area contributed by atoms with Crippen molar-refractivity contribution in [3.63, 3.8) is 0 Å². The number of rotatable bonds is 10. The van der Waals surface area contributed by atoms with Gasteiger partial charge in [0.25, 0.3) is 5.91 Å². The highest BCUT2D eigenvalue weighted by atomic mass is 32.2. The number of nitrogens with one attached hydrogen (secondary N) is 1. The number of hydrogen-bond acceptors (Lipinski definition) is 4. The minimum atomic E-state index is -3.57. The van der Waals surface area contributed by atoms with Gasteiger partial charge in [-0.05, 0) is 38.4 Å². The fourth-order valence-electron chi connectivity index (χ4n) is 3.86. The van der Waals surface area contributed by atoms with Crippen LogP contribution >= 0.6 is 0 Å². The van der Waals surface area contributed by atoms with Crippen molar-refractivity contribution in [1.82, 2.24) is 19.1 Å². The predicted molar refractivity (Wildman–Crippen MR) is 112 cm³/mol. The van der Waals surface area contributed by atoms with Crippen LogP contribution in [0.25, 0.3) is 0 Å². The van der Waals surface area contributed by atoms with Crippen LogP contribution in [-0.2, 0) is 17.1 Å². The summed E-state index contributed by atoms with van der Waals surface area (Å²) in [4.78, 5) is 15.4. The van der Waals surface area contributed by atoms with Crippen molar-refractivity contribution in [2.24, 2.45) is 7.05 Å². The first-order chi connectivity index (χ1) is 13.3. The number of aromatic nitrogens is 1. The molecule has 0 aromatic carbocycles. The Morgan fingerprint density at radius 3 is 2.61 bits per heavy atom. The molecule has 0 aliphatic carbocycles. The van der Waals surface area contributed by atoms with E-state index in [0.717, 1.165) is 19.5 Å². The summed E-state index contributed by atoms with van der Waals surface area (Å²) in [7, 11) is -1.85. The Kier molecular flexibility index (Phi) is 8.52. The zero-order valence-corrected chi connectivity index (χ0v) is 18.6. The maximum absolute atomic E-state index is 12.7. The van der Waals surface area contributed by atoms with Crippen molar-refractivity contribution in [2.75, 3.05) is 32.7 Å². The number of piperidine rings is 1. The fourth-order valence-corrected chi connectivity index (χ4v) is 5.39. The smallest absolute Gasteiger partial charge is 0.267 e. The summed E-state index contributed by atoms with van der Waals surface area (Å²) in [5.41, 5.74) is 0.377. The summed E-state index contributed by atoms with van der Waals surface area (Å²) < 4.78 is 28.4. The lowest BCUT2D eigenvalue weighted by molar-refractivity contribution is 0.0905. The number of aryl methyl sites for hydroxylation is 1. The third-order valence-electron chi connectivity index (χ3n) is 5.60. The van der Waals surface area contributed by atoms with Crippen LogP contribution in [0.15, 0.2) is 17.2 Å². The van der Waals surface area contributed by atoms with Gasteiger partial charge < -0.3 is 9.88 Å². The van der Waals surface area contributed by atoms with Crippen molar-refractivity contribution in [3.8, 4) is 0 Å². The van der Waals surface area contributed by atoms with Gasteiger partial charge in [0.2, 0.25) is 10.0 Å². The van der Waals surface area contributed by atoms with E-state index in [-0.39, 0.29) is 10.8 Å². The summed E-state index contributed by atoms with van der Waals surface area (Å²) in [6.45, 7) is 9.41. The highest BCUT2D eigenvalue weighted by molar-refractivity contribution is 7.89. The molecule has 2 heterocycles. The second kappa shape index (κ2) is 10.4. The van der Waals surface area contributed by atoms with Gasteiger partial charge in [0, 0.05) is 38.9 Å². The molecule has 1 aromatic heterocycles. The monoisotopic (exact) mass is 412 g/mol. The van der Waals surface area contributed by atoms with E-state index < -0.39 is 10.0 Å². The van der Waals surface area contributed by atoms with Crippen molar-refractivity contribution < 1.29 is 13.2 Å². The number of sulfonamides is 1. The molecule has 1 saturated heterocycles. The van der Waals surface area contributed by atoms with Crippen LogP contribution in [-0.4, -0.2) is 66.9 Å². The summed E-state index contributed by atoms with van der Waals surface area (Å²) in [6, 6.07) is 1.85. The third-order valence-corrected chi connectivity index (χ3v) is 7.62. The van der Waals surface area contributed by atoms with E-state index in [1.54, 1.807) is 11.6 Å². The van der Waals surface area contributed by atoms with Crippen LogP contribution in [0.1, 0.15) is 63.4 Å². The Hall–Kier alpha value is -1.38. The highest BCUT2D eigenvalue weighted by Gasteiger charge is 2.26. The normalized spacial score (nSPS) is 18.5. The first-order valence-corrected chi connectivity index (χ1v) is 12.0. The average molecular weight is 413 g/mol. The average Bonchev–Trinajstić information content (AvgIpc) is 3.08. The lowest BCUT2D eigenvalue weighted by Crippen LogP contribution is -2.47. The molecule has 1 amide bonds. The zero-order valence-electron chi connectivity index (χ0n) is 17.8. The number of likely N-dealkylation sites (tertiary alicyclic amines) is 1. The number of hydrogen-bond donors (Lipinski definition) is 1. The largest absolute Gasteiger partial charge is 0.349 e. The Morgan fingerprint density at radius 2 is 1.96 bits per heavy atom. The number of carbonyl (C=O) groups excluding carboxylic acids is 1. The molecule has 1 fully saturated rings. The van der Waals surface area contributed by atoms with Gasteiger partial charge in [-0.3, -0.25) is 9.69 Å². The molecule has 160 valence electrons. The molecule has 1 unspecified atom stereocenters. The maximum Gasteiger partial charge on any atom is 0.267 e. The number of nitrogens with zero attached hydrogens (tertiary/aromatic N) is 3. The molecule has 28 heavy (non-hydrogen) atoms. The number of carbonyl (C=O) groups is 1. The molecular weight excluding hydrogens is 376 g/mol. The van der Waals surface area contributed by atoms with Gasteiger partial charge in [-0.1, -0.05) is 33.6 Å². The van der Waals surface area contributed by atoms with E-state index >= 15 is 0 Å². The molecule has 7 nitrogen and oxygen atoms in total. The van der Waals surface area contributed by atoms with Crippen molar-refractivity contribution in [2.45, 2.75) is 63.8 Å². The van der Waals surface area contributed by atoms with Crippen molar-refractivity contribution >= 4 is 15.9 Å². The molecule has 1 aliphatic heterocycles. The first-order valence-electron chi connectivity index (χ1n) is 10.5. The van der Waals surface area contributed by atoms with Gasteiger partial charge >= 0.3 is 0 Å². The maximum atomic E-state index is 12.7. The summed E-state index contributed by atoms with van der Waals surface area (Å²) in [5, 5.41) is 3.03. The van der Waals surface area contributed by atoms with Gasteiger partial charge in [0.1, 0.15) is 10.6 Å². The molecule has 0 radical (unpaired) electrons.